The molecular weight excluding hydrogens is 268 g/mol. The first-order valence-electron chi connectivity index (χ1n) is 6.79. The van der Waals surface area contributed by atoms with E-state index < -0.39 is 5.97 Å². The third kappa shape index (κ3) is 2.50. The van der Waals surface area contributed by atoms with E-state index >= 15 is 0 Å². The fourth-order valence-corrected chi connectivity index (χ4v) is 2.53. The molecule has 3 rings (SSSR count). The van der Waals surface area contributed by atoms with Crippen molar-refractivity contribution in [2.45, 2.75) is 6.42 Å². The molecular formula is C16H16N2O3. The van der Waals surface area contributed by atoms with Crippen molar-refractivity contribution in [2.24, 2.45) is 0 Å². The molecule has 1 heterocycles. The second-order valence-corrected chi connectivity index (χ2v) is 4.90. The van der Waals surface area contributed by atoms with E-state index in [9.17, 15) is 9.90 Å². The van der Waals surface area contributed by atoms with Gasteiger partial charge in [0.15, 0.2) is 0 Å². The SMILES string of the molecule is Nc1ccc(C(=O)O)c(N2CCCOc3ccccc32)c1. The number of rotatable bonds is 2. The molecule has 1 aliphatic heterocycles. The summed E-state index contributed by atoms with van der Waals surface area (Å²) in [7, 11) is 0. The van der Waals surface area contributed by atoms with E-state index in [1.54, 1.807) is 18.2 Å². The maximum atomic E-state index is 11.5. The minimum atomic E-state index is -0.965. The summed E-state index contributed by atoms with van der Waals surface area (Å²) in [5, 5.41) is 9.41. The van der Waals surface area contributed by atoms with Crippen LogP contribution >= 0.6 is 0 Å². The average molecular weight is 284 g/mol. The topological polar surface area (TPSA) is 75.8 Å². The Morgan fingerprint density at radius 2 is 2.00 bits per heavy atom. The minimum Gasteiger partial charge on any atom is -0.491 e. The van der Waals surface area contributed by atoms with Gasteiger partial charge in [-0.05, 0) is 36.8 Å². The number of carboxylic acids is 1. The summed E-state index contributed by atoms with van der Waals surface area (Å²) in [6, 6.07) is 12.5. The van der Waals surface area contributed by atoms with Crippen LogP contribution in [-0.4, -0.2) is 24.2 Å². The van der Waals surface area contributed by atoms with Gasteiger partial charge in [-0.15, -0.1) is 0 Å². The number of hydrogen-bond donors (Lipinski definition) is 2. The van der Waals surface area contributed by atoms with Gasteiger partial charge in [0, 0.05) is 12.2 Å². The molecule has 5 nitrogen and oxygen atoms in total. The Labute approximate surface area is 122 Å². The Morgan fingerprint density at radius 3 is 2.81 bits per heavy atom. The summed E-state index contributed by atoms with van der Waals surface area (Å²) < 4.78 is 5.71. The number of fused-ring (bicyclic) bond motifs is 1. The number of nitrogens with two attached hydrogens (primary N) is 1. The number of nitrogens with zero attached hydrogens (tertiary/aromatic N) is 1. The zero-order valence-electron chi connectivity index (χ0n) is 11.5. The first-order valence-corrected chi connectivity index (χ1v) is 6.79. The molecule has 0 fully saturated rings. The average Bonchev–Trinajstić information content (AvgIpc) is 2.69. The van der Waals surface area contributed by atoms with Crippen LogP contribution in [0.3, 0.4) is 0 Å². The lowest BCUT2D eigenvalue weighted by molar-refractivity contribution is 0.0697. The van der Waals surface area contributed by atoms with Crippen molar-refractivity contribution >= 4 is 23.0 Å². The number of nitrogen functional groups attached to an aromatic ring is 1. The fourth-order valence-electron chi connectivity index (χ4n) is 2.53. The lowest BCUT2D eigenvalue weighted by atomic mass is 10.1. The monoisotopic (exact) mass is 284 g/mol. The highest BCUT2D eigenvalue weighted by Crippen LogP contribution is 2.38. The Bertz CT molecular complexity index is 685. The van der Waals surface area contributed by atoms with Gasteiger partial charge in [0.2, 0.25) is 0 Å². The van der Waals surface area contributed by atoms with Crippen molar-refractivity contribution in [3.8, 4) is 5.75 Å². The van der Waals surface area contributed by atoms with E-state index in [4.69, 9.17) is 10.5 Å². The number of hydrogen-bond acceptors (Lipinski definition) is 4. The maximum Gasteiger partial charge on any atom is 0.337 e. The molecule has 2 aromatic carbocycles. The zero-order chi connectivity index (χ0) is 14.8. The van der Waals surface area contributed by atoms with Crippen LogP contribution in [0.2, 0.25) is 0 Å². The fraction of sp³-hybridized carbons (Fsp3) is 0.188. The van der Waals surface area contributed by atoms with E-state index in [0.717, 1.165) is 17.9 Å². The number of anilines is 3. The number of carbonyl (C=O) groups is 1. The standard InChI is InChI=1S/C16H16N2O3/c17-11-6-7-12(16(19)20)14(10-11)18-8-3-9-21-15-5-2-1-4-13(15)18/h1-2,4-7,10H,3,8-9,17H2,(H,19,20). The maximum absolute atomic E-state index is 11.5. The number of ether oxygens (including phenoxy) is 1. The van der Waals surface area contributed by atoms with Crippen molar-refractivity contribution in [3.05, 3.63) is 48.0 Å². The second kappa shape index (κ2) is 5.36. The molecule has 0 bridgehead atoms. The van der Waals surface area contributed by atoms with Crippen LogP contribution in [0.4, 0.5) is 17.1 Å². The van der Waals surface area contributed by atoms with Gasteiger partial charge in [-0.3, -0.25) is 0 Å². The van der Waals surface area contributed by atoms with Crippen molar-refractivity contribution in [1.82, 2.24) is 0 Å². The zero-order valence-corrected chi connectivity index (χ0v) is 11.5. The van der Waals surface area contributed by atoms with Gasteiger partial charge < -0.3 is 20.5 Å². The van der Waals surface area contributed by atoms with E-state index in [2.05, 4.69) is 0 Å². The highest BCUT2D eigenvalue weighted by Gasteiger charge is 2.22. The first kappa shape index (κ1) is 13.3. The molecule has 0 spiro atoms. The summed E-state index contributed by atoms with van der Waals surface area (Å²) in [5.74, 6) is -0.207. The van der Waals surface area contributed by atoms with Crippen LogP contribution in [0.15, 0.2) is 42.5 Å². The van der Waals surface area contributed by atoms with Crippen molar-refractivity contribution in [3.63, 3.8) is 0 Å². The Balaban J connectivity index is 2.16. The molecule has 0 saturated carbocycles. The Kier molecular flexibility index (Phi) is 3.39. The number of para-hydroxylation sites is 2. The summed E-state index contributed by atoms with van der Waals surface area (Å²) in [6.07, 6.45) is 0.808. The molecule has 0 aliphatic carbocycles. The van der Waals surface area contributed by atoms with Crippen molar-refractivity contribution in [2.75, 3.05) is 23.8 Å². The van der Waals surface area contributed by atoms with Crippen LogP contribution in [0.5, 0.6) is 5.75 Å². The van der Waals surface area contributed by atoms with Gasteiger partial charge in [-0.25, -0.2) is 4.79 Å². The van der Waals surface area contributed by atoms with Gasteiger partial charge in [0.25, 0.3) is 0 Å². The lowest BCUT2D eigenvalue weighted by Gasteiger charge is -2.25. The third-order valence-corrected chi connectivity index (χ3v) is 3.48. The van der Waals surface area contributed by atoms with Gasteiger partial charge in [0.05, 0.1) is 23.5 Å². The quantitative estimate of drug-likeness (QED) is 0.829. The summed E-state index contributed by atoms with van der Waals surface area (Å²) in [6.45, 7) is 1.29. The molecule has 0 aromatic heterocycles. The molecule has 5 heteroatoms. The second-order valence-electron chi connectivity index (χ2n) is 4.90. The summed E-state index contributed by atoms with van der Waals surface area (Å²) in [5.41, 5.74) is 8.08. The molecule has 0 atom stereocenters. The van der Waals surface area contributed by atoms with Gasteiger partial charge >= 0.3 is 5.97 Å². The normalized spacial score (nSPS) is 14.0. The van der Waals surface area contributed by atoms with E-state index in [0.29, 0.717) is 24.5 Å². The van der Waals surface area contributed by atoms with Crippen molar-refractivity contribution < 1.29 is 14.6 Å². The van der Waals surface area contributed by atoms with Gasteiger partial charge in [-0.2, -0.15) is 0 Å². The van der Waals surface area contributed by atoms with E-state index in [1.165, 1.54) is 0 Å². The molecule has 0 saturated heterocycles. The van der Waals surface area contributed by atoms with E-state index in [-0.39, 0.29) is 5.56 Å². The lowest BCUT2D eigenvalue weighted by Crippen LogP contribution is -2.20. The summed E-state index contributed by atoms with van der Waals surface area (Å²) >= 11 is 0. The number of aromatic carboxylic acids is 1. The summed E-state index contributed by atoms with van der Waals surface area (Å²) in [4.78, 5) is 13.4. The highest BCUT2D eigenvalue weighted by atomic mass is 16.5. The van der Waals surface area contributed by atoms with Crippen LogP contribution in [-0.2, 0) is 0 Å². The molecule has 0 unspecified atom stereocenters. The highest BCUT2D eigenvalue weighted by molar-refractivity contribution is 5.96. The Hall–Kier alpha value is -2.69. The van der Waals surface area contributed by atoms with Crippen LogP contribution in [0.1, 0.15) is 16.8 Å². The largest absolute Gasteiger partial charge is 0.491 e. The molecule has 108 valence electrons. The minimum absolute atomic E-state index is 0.237. The molecule has 0 amide bonds. The number of benzene rings is 2. The van der Waals surface area contributed by atoms with Crippen LogP contribution in [0, 0.1) is 0 Å². The van der Waals surface area contributed by atoms with Crippen LogP contribution in [0.25, 0.3) is 0 Å². The smallest absolute Gasteiger partial charge is 0.337 e. The molecule has 21 heavy (non-hydrogen) atoms. The predicted molar refractivity (Wildman–Crippen MR) is 81.4 cm³/mol. The van der Waals surface area contributed by atoms with E-state index in [1.807, 2.05) is 29.2 Å². The van der Waals surface area contributed by atoms with Crippen LogP contribution < -0.4 is 15.4 Å². The number of carboxylic acid groups (broad SMARTS) is 1. The predicted octanol–water partition coefficient (Wildman–Crippen LogP) is 2.89. The molecule has 3 N–H and O–H groups in total. The molecule has 2 aromatic rings. The third-order valence-electron chi connectivity index (χ3n) is 3.48. The van der Waals surface area contributed by atoms with Gasteiger partial charge in [0.1, 0.15) is 5.75 Å². The molecule has 0 radical (unpaired) electrons. The first-order chi connectivity index (χ1) is 10.2. The Morgan fingerprint density at radius 1 is 1.19 bits per heavy atom. The molecule has 1 aliphatic rings. The van der Waals surface area contributed by atoms with Crippen molar-refractivity contribution in [1.29, 1.82) is 0 Å². The van der Waals surface area contributed by atoms with Gasteiger partial charge in [-0.1, -0.05) is 12.1 Å².